The molecule has 0 radical (unpaired) electrons. The van der Waals surface area contributed by atoms with Gasteiger partial charge >= 0.3 is 5.97 Å². The van der Waals surface area contributed by atoms with Gasteiger partial charge in [-0.3, -0.25) is 9.69 Å². The van der Waals surface area contributed by atoms with Crippen molar-refractivity contribution in [3.8, 4) is 5.75 Å². The number of benzene rings is 1. The average molecular weight is 220 g/mol. The Labute approximate surface area is 95.0 Å². The second-order valence-electron chi connectivity index (χ2n) is 4.00. The lowest BCUT2D eigenvalue weighted by molar-refractivity contribution is -0.135. The van der Waals surface area contributed by atoms with Crippen LogP contribution in [0.25, 0.3) is 0 Å². The minimum Gasteiger partial charge on any atom is -0.423 e. The van der Waals surface area contributed by atoms with E-state index < -0.39 is 0 Å². The van der Waals surface area contributed by atoms with Gasteiger partial charge in [-0.15, -0.1) is 0 Å². The Morgan fingerprint density at radius 1 is 1.31 bits per heavy atom. The minimum absolute atomic E-state index is 0.236. The molecule has 0 aromatic heterocycles. The summed E-state index contributed by atoms with van der Waals surface area (Å²) in [4.78, 5) is 13.7. The minimum atomic E-state index is -0.236. The zero-order valence-electron chi connectivity index (χ0n) is 9.19. The summed E-state index contributed by atoms with van der Waals surface area (Å²) in [6.45, 7) is 2.33. The molecule has 1 aromatic rings. The van der Waals surface area contributed by atoms with Crippen molar-refractivity contribution >= 4 is 11.7 Å². The molecule has 0 bridgehead atoms. The fourth-order valence-corrected chi connectivity index (χ4v) is 1.85. The largest absolute Gasteiger partial charge is 0.423 e. The second-order valence-corrected chi connectivity index (χ2v) is 4.00. The number of hydrogen-bond acceptors (Lipinski definition) is 4. The molecule has 1 aliphatic rings. The number of anilines is 1. The first-order valence-electron chi connectivity index (χ1n) is 5.53. The predicted octanol–water partition coefficient (Wildman–Crippen LogP) is 1.27. The van der Waals surface area contributed by atoms with Gasteiger partial charge in [0, 0.05) is 0 Å². The van der Waals surface area contributed by atoms with Crippen molar-refractivity contribution in [2.24, 2.45) is 0 Å². The van der Waals surface area contributed by atoms with Crippen LogP contribution in [-0.2, 0) is 4.79 Å². The smallest absolute Gasteiger partial charge is 0.325 e. The zero-order valence-corrected chi connectivity index (χ0v) is 9.19. The molecule has 0 amide bonds. The number of rotatable bonds is 3. The van der Waals surface area contributed by atoms with E-state index in [4.69, 9.17) is 10.5 Å². The number of carbonyl (C=O) groups excluding carboxylic acids is 1. The first-order valence-corrected chi connectivity index (χ1v) is 5.53. The molecule has 0 spiro atoms. The van der Waals surface area contributed by atoms with E-state index in [-0.39, 0.29) is 5.97 Å². The van der Waals surface area contributed by atoms with Crippen LogP contribution in [0.2, 0.25) is 0 Å². The Hall–Kier alpha value is -1.55. The van der Waals surface area contributed by atoms with E-state index in [1.165, 1.54) is 12.8 Å². The van der Waals surface area contributed by atoms with Gasteiger partial charge in [0.15, 0.2) is 5.75 Å². The second kappa shape index (κ2) is 4.99. The molecule has 1 saturated heterocycles. The molecular weight excluding hydrogens is 204 g/mol. The van der Waals surface area contributed by atoms with Crippen molar-refractivity contribution in [1.29, 1.82) is 0 Å². The average Bonchev–Trinajstić information content (AvgIpc) is 2.74. The molecule has 4 nitrogen and oxygen atoms in total. The van der Waals surface area contributed by atoms with Crippen molar-refractivity contribution in [3.05, 3.63) is 24.3 Å². The van der Waals surface area contributed by atoms with Crippen LogP contribution in [0.1, 0.15) is 12.8 Å². The van der Waals surface area contributed by atoms with Crippen molar-refractivity contribution in [3.63, 3.8) is 0 Å². The van der Waals surface area contributed by atoms with Crippen LogP contribution >= 0.6 is 0 Å². The Bertz CT molecular complexity index is 373. The third kappa shape index (κ3) is 2.73. The molecule has 0 unspecified atom stereocenters. The summed E-state index contributed by atoms with van der Waals surface area (Å²) in [5.74, 6) is 0.214. The SMILES string of the molecule is Nc1ccccc1OC(=O)CN1CCCC1. The monoisotopic (exact) mass is 220 g/mol. The molecule has 2 N–H and O–H groups in total. The van der Waals surface area contributed by atoms with Gasteiger partial charge < -0.3 is 10.5 Å². The van der Waals surface area contributed by atoms with Crippen LogP contribution in [0, 0.1) is 0 Å². The maximum Gasteiger partial charge on any atom is 0.325 e. The lowest BCUT2D eigenvalue weighted by Gasteiger charge is -2.13. The molecule has 16 heavy (non-hydrogen) atoms. The van der Waals surface area contributed by atoms with Crippen LogP contribution in [-0.4, -0.2) is 30.5 Å². The molecule has 1 aliphatic heterocycles. The molecule has 1 aromatic carbocycles. The standard InChI is InChI=1S/C12H16N2O2/c13-10-5-1-2-6-11(10)16-12(15)9-14-7-3-4-8-14/h1-2,5-6H,3-4,7-9,13H2. The van der Waals surface area contributed by atoms with Gasteiger partial charge in [0.2, 0.25) is 0 Å². The third-order valence-electron chi connectivity index (χ3n) is 2.69. The van der Waals surface area contributed by atoms with E-state index in [1.54, 1.807) is 18.2 Å². The summed E-state index contributed by atoms with van der Waals surface area (Å²) in [5, 5.41) is 0. The molecule has 0 saturated carbocycles. The van der Waals surface area contributed by atoms with Gasteiger partial charge in [0.05, 0.1) is 12.2 Å². The summed E-state index contributed by atoms with van der Waals surface area (Å²) < 4.78 is 5.20. The summed E-state index contributed by atoms with van der Waals surface area (Å²) >= 11 is 0. The van der Waals surface area contributed by atoms with Crippen LogP contribution in [0.15, 0.2) is 24.3 Å². The van der Waals surface area contributed by atoms with Crippen molar-refractivity contribution < 1.29 is 9.53 Å². The quantitative estimate of drug-likeness (QED) is 0.473. The molecule has 0 atom stereocenters. The van der Waals surface area contributed by atoms with Gasteiger partial charge in [-0.2, -0.15) is 0 Å². The van der Waals surface area contributed by atoms with Crippen molar-refractivity contribution in [1.82, 2.24) is 4.90 Å². The van der Waals surface area contributed by atoms with Crippen molar-refractivity contribution in [2.45, 2.75) is 12.8 Å². The molecule has 86 valence electrons. The third-order valence-corrected chi connectivity index (χ3v) is 2.69. The van der Waals surface area contributed by atoms with E-state index in [9.17, 15) is 4.79 Å². The van der Waals surface area contributed by atoms with Gasteiger partial charge in [0.1, 0.15) is 0 Å². The molecule has 4 heteroatoms. The Morgan fingerprint density at radius 3 is 2.69 bits per heavy atom. The van der Waals surface area contributed by atoms with E-state index in [2.05, 4.69) is 4.90 Å². The summed E-state index contributed by atoms with van der Waals surface area (Å²) in [6, 6.07) is 7.04. The van der Waals surface area contributed by atoms with E-state index >= 15 is 0 Å². The number of hydrogen-bond donors (Lipinski definition) is 1. The maximum absolute atomic E-state index is 11.6. The Morgan fingerprint density at radius 2 is 2.00 bits per heavy atom. The first-order chi connectivity index (χ1) is 7.75. The number of nitrogen functional groups attached to an aromatic ring is 1. The molecule has 1 fully saturated rings. The predicted molar refractivity (Wildman–Crippen MR) is 62.2 cm³/mol. The number of esters is 1. The highest BCUT2D eigenvalue weighted by Gasteiger charge is 2.16. The Balaban J connectivity index is 1.89. The summed E-state index contributed by atoms with van der Waals surface area (Å²) in [7, 11) is 0. The number of ether oxygens (including phenoxy) is 1. The van der Waals surface area contributed by atoms with Crippen LogP contribution < -0.4 is 10.5 Å². The van der Waals surface area contributed by atoms with Gasteiger partial charge in [-0.05, 0) is 38.1 Å². The fourth-order valence-electron chi connectivity index (χ4n) is 1.85. The van der Waals surface area contributed by atoms with Crippen LogP contribution in [0.4, 0.5) is 5.69 Å². The number of nitrogens with two attached hydrogens (primary N) is 1. The van der Waals surface area contributed by atoms with E-state index in [0.717, 1.165) is 13.1 Å². The molecule has 2 rings (SSSR count). The highest BCUT2D eigenvalue weighted by Crippen LogP contribution is 2.20. The van der Waals surface area contributed by atoms with Gasteiger partial charge in [-0.1, -0.05) is 12.1 Å². The van der Waals surface area contributed by atoms with Crippen molar-refractivity contribution in [2.75, 3.05) is 25.4 Å². The molecular formula is C12H16N2O2. The lowest BCUT2D eigenvalue weighted by atomic mass is 10.3. The highest BCUT2D eigenvalue weighted by molar-refractivity contribution is 5.76. The molecule has 0 aliphatic carbocycles. The lowest BCUT2D eigenvalue weighted by Crippen LogP contribution is -2.29. The summed E-state index contributed by atoms with van der Waals surface area (Å²) in [5.41, 5.74) is 6.18. The topological polar surface area (TPSA) is 55.6 Å². The van der Waals surface area contributed by atoms with E-state index in [1.807, 2.05) is 6.07 Å². The summed E-state index contributed by atoms with van der Waals surface area (Å²) in [6.07, 6.45) is 2.33. The fraction of sp³-hybridized carbons (Fsp3) is 0.417. The highest BCUT2D eigenvalue weighted by atomic mass is 16.5. The zero-order chi connectivity index (χ0) is 11.4. The number of likely N-dealkylation sites (tertiary alicyclic amines) is 1. The normalized spacial score (nSPS) is 16.2. The number of nitrogens with zero attached hydrogens (tertiary/aromatic N) is 1. The van der Waals surface area contributed by atoms with Crippen LogP contribution in [0.5, 0.6) is 5.75 Å². The maximum atomic E-state index is 11.6. The van der Waals surface area contributed by atoms with Crippen LogP contribution in [0.3, 0.4) is 0 Å². The first kappa shape index (κ1) is 11.0. The van der Waals surface area contributed by atoms with Gasteiger partial charge in [0.25, 0.3) is 0 Å². The van der Waals surface area contributed by atoms with E-state index in [0.29, 0.717) is 18.0 Å². The Kier molecular flexibility index (Phi) is 3.41. The van der Waals surface area contributed by atoms with Gasteiger partial charge in [-0.25, -0.2) is 0 Å². The number of para-hydroxylation sites is 2. The molecule has 1 heterocycles. The number of carbonyl (C=O) groups is 1.